The van der Waals surface area contributed by atoms with Gasteiger partial charge in [-0.25, -0.2) is 8.42 Å². The van der Waals surface area contributed by atoms with Crippen molar-refractivity contribution in [2.24, 2.45) is 0 Å². The van der Waals surface area contributed by atoms with Gasteiger partial charge in [0, 0.05) is 38.8 Å². The maximum Gasteiger partial charge on any atom is 0.251 e. The zero-order chi connectivity index (χ0) is 19.7. The zero-order valence-corrected chi connectivity index (χ0v) is 17.8. The molecule has 1 aromatic rings. The van der Waals surface area contributed by atoms with Crippen molar-refractivity contribution in [3.63, 3.8) is 0 Å². The van der Waals surface area contributed by atoms with Crippen LogP contribution in [-0.4, -0.2) is 76.3 Å². The number of carbonyl (C=O) groups excluding carboxylic acids is 2. The van der Waals surface area contributed by atoms with Crippen LogP contribution >= 0.6 is 12.4 Å². The summed E-state index contributed by atoms with van der Waals surface area (Å²) < 4.78 is 26.4. The van der Waals surface area contributed by atoms with Gasteiger partial charge < -0.3 is 15.5 Å². The van der Waals surface area contributed by atoms with E-state index < -0.39 is 15.9 Å². The van der Waals surface area contributed by atoms with Gasteiger partial charge in [-0.2, -0.15) is 4.31 Å². The summed E-state index contributed by atoms with van der Waals surface area (Å²) in [6.45, 7) is 5.25. The van der Waals surface area contributed by atoms with Gasteiger partial charge in [-0.3, -0.25) is 9.59 Å². The molecule has 0 saturated heterocycles. The van der Waals surface area contributed by atoms with Crippen molar-refractivity contribution in [3.05, 3.63) is 29.8 Å². The van der Waals surface area contributed by atoms with Gasteiger partial charge in [0.2, 0.25) is 15.9 Å². The van der Waals surface area contributed by atoms with Gasteiger partial charge in [0.15, 0.2) is 0 Å². The maximum atomic E-state index is 12.6. The summed E-state index contributed by atoms with van der Waals surface area (Å²) >= 11 is 0. The third-order valence-corrected chi connectivity index (χ3v) is 6.01. The number of hydrogen-bond donors (Lipinski definition) is 2. The van der Waals surface area contributed by atoms with Crippen LogP contribution in [0.2, 0.25) is 0 Å². The van der Waals surface area contributed by atoms with Gasteiger partial charge in [0.25, 0.3) is 5.91 Å². The Bertz CT molecular complexity index is 723. The Labute approximate surface area is 167 Å². The fraction of sp³-hybridized carbons (Fsp3) is 0.529. The van der Waals surface area contributed by atoms with E-state index in [1.807, 2.05) is 0 Å². The maximum absolute atomic E-state index is 12.6. The molecule has 0 aliphatic rings. The first kappa shape index (κ1) is 25.3. The van der Waals surface area contributed by atoms with Crippen LogP contribution in [-0.2, 0) is 14.8 Å². The van der Waals surface area contributed by atoms with Crippen LogP contribution in [0.1, 0.15) is 24.2 Å². The highest BCUT2D eigenvalue weighted by Gasteiger charge is 2.22. The van der Waals surface area contributed by atoms with Crippen molar-refractivity contribution in [1.29, 1.82) is 0 Å². The number of likely N-dealkylation sites (N-methyl/N-ethyl adjacent to an activating group) is 2. The summed E-state index contributed by atoms with van der Waals surface area (Å²) in [6, 6.07) is 5.83. The van der Waals surface area contributed by atoms with Crippen molar-refractivity contribution in [3.8, 4) is 0 Å². The van der Waals surface area contributed by atoms with E-state index in [4.69, 9.17) is 0 Å². The predicted molar refractivity (Wildman–Crippen MR) is 108 cm³/mol. The number of rotatable bonds is 10. The Morgan fingerprint density at radius 2 is 1.78 bits per heavy atom. The van der Waals surface area contributed by atoms with E-state index in [1.165, 1.54) is 33.5 Å². The van der Waals surface area contributed by atoms with Crippen molar-refractivity contribution < 1.29 is 18.0 Å². The van der Waals surface area contributed by atoms with Crippen molar-refractivity contribution in [2.75, 3.05) is 46.8 Å². The van der Waals surface area contributed by atoms with Gasteiger partial charge in [-0.05, 0) is 25.2 Å². The average Bonchev–Trinajstić information content (AvgIpc) is 2.64. The second-order valence-electron chi connectivity index (χ2n) is 5.72. The van der Waals surface area contributed by atoms with Gasteiger partial charge in [-0.1, -0.05) is 19.9 Å². The van der Waals surface area contributed by atoms with Crippen LogP contribution in [0.3, 0.4) is 0 Å². The smallest absolute Gasteiger partial charge is 0.251 e. The van der Waals surface area contributed by atoms with Gasteiger partial charge in [-0.15, -0.1) is 12.4 Å². The molecule has 0 heterocycles. The van der Waals surface area contributed by atoms with Crippen molar-refractivity contribution >= 4 is 34.2 Å². The summed E-state index contributed by atoms with van der Waals surface area (Å²) in [7, 11) is -0.194. The Hall–Kier alpha value is -1.68. The molecular weight excluding hydrogens is 392 g/mol. The highest BCUT2D eigenvalue weighted by molar-refractivity contribution is 7.89. The molecule has 0 bridgehead atoms. The Kier molecular flexibility index (Phi) is 11.2. The molecule has 27 heavy (non-hydrogen) atoms. The average molecular weight is 421 g/mol. The Balaban J connectivity index is 0.00000676. The van der Waals surface area contributed by atoms with Gasteiger partial charge >= 0.3 is 0 Å². The van der Waals surface area contributed by atoms with Crippen molar-refractivity contribution in [2.45, 2.75) is 18.7 Å². The molecule has 0 spiro atoms. The first-order valence-corrected chi connectivity index (χ1v) is 9.98. The molecule has 0 fully saturated rings. The Morgan fingerprint density at radius 1 is 1.15 bits per heavy atom. The predicted octanol–water partition coefficient (Wildman–Crippen LogP) is 0.547. The third-order valence-electron chi connectivity index (χ3n) is 3.96. The molecule has 10 heteroatoms. The minimum Gasteiger partial charge on any atom is -0.343 e. The lowest BCUT2D eigenvalue weighted by Crippen LogP contribution is -2.40. The standard InChI is InChI=1S/C17H28N4O4S.ClH/c1-5-21(6-2)26(24,25)15-9-7-8-14(12-15)17(23)19-13-16(22)20(4)11-10-18-3;/h7-9,12,18H,5-6,10-11,13H2,1-4H3,(H,19,23);1H. The number of hydrogen-bond acceptors (Lipinski definition) is 5. The monoisotopic (exact) mass is 420 g/mol. The molecule has 0 saturated carbocycles. The van der Waals surface area contributed by atoms with Crippen LogP contribution in [0.4, 0.5) is 0 Å². The molecule has 2 N–H and O–H groups in total. The number of nitrogens with one attached hydrogen (secondary N) is 2. The molecule has 0 aliphatic heterocycles. The molecule has 0 radical (unpaired) electrons. The quantitative estimate of drug-likeness (QED) is 0.575. The lowest BCUT2D eigenvalue weighted by molar-refractivity contribution is -0.128. The number of sulfonamides is 1. The number of nitrogens with zero attached hydrogens (tertiary/aromatic N) is 2. The van der Waals surface area contributed by atoms with Gasteiger partial charge in [0.05, 0.1) is 11.4 Å². The summed E-state index contributed by atoms with van der Waals surface area (Å²) in [6.07, 6.45) is 0. The molecule has 0 aliphatic carbocycles. The number of carbonyl (C=O) groups is 2. The minimum absolute atomic E-state index is 0. The zero-order valence-electron chi connectivity index (χ0n) is 16.2. The molecule has 1 rings (SSSR count). The fourth-order valence-corrected chi connectivity index (χ4v) is 3.81. The van der Waals surface area contributed by atoms with Crippen LogP contribution < -0.4 is 10.6 Å². The molecule has 154 valence electrons. The van der Waals surface area contributed by atoms with E-state index >= 15 is 0 Å². The van der Waals surface area contributed by atoms with E-state index in [2.05, 4.69) is 10.6 Å². The summed E-state index contributed by atoms with van der Waals surface area (Å²) in [5.41, 5.74) is 0.198. The normalized spacial score (nSPS) is 11.0. The first-order valence-electron chi connectivity index (χ1n) is 8.54. The number of benzene rings is 1. The first-order chi connectivity index (χ1) is 12.3. The molecule has 1 aromatic carbocycles. The number of halogens is 1. The van der Waals surface area contributed by atoms with E-state index in [1.54, 1.807) is 27.9 Å². The van der Waals surface area contributed by atoms with Crippen LogP contribution in [0.5, 0.6) is 0 Å². The Morgan fingerprint density at radius 3 is 2.33 bits per heavy atom. The lowest BCUT2D eigenvalue weighted by Gasteiger charge is -2.19. The lowest BCUT2D eigenvalue weighted by atomic mass is 10.2. The summed E-state index contributed by atoms with van der Waals surface area (Å²) in [4.78, 5) is 25.8. The SMILES string of the molecule is CCN(CC)S(=O)(=O)c1cccc(C(=O)NCC(=O)N(C)CCNC)c1.Cl. The van der Waals surface area contributed by atoms with E-state index in [9.17, 15) is 18.0 Å². The van der Waals surface area contributed by atoms with Crippen LogP contribution in [0, 0.1) is 0 Å². The molecular formula is C17H29ClN4O4S. The van der Waals surface area contributed by atoms with E-state index in [0.717, 1.165) is 0 Å². The van der Waals surface area contributed by atoms with Crippen molar-refractivity contribution in [1.82, 2.24) is 19.8 Å². The second-order valence-corrected chi connectivity index (χ2v) is 7.66. The summed E-state index contributed by atoms with van der Waals surface area (Å²) in [5, 5.41) is 5.47. The molecule has 8 nitrogen and oxygen atoms in total. The summed E-state index contributed by atoms with van der Waals surface area (Å²) in [5.74, 6) is -0.711. The van der Waals surface area contributed by atoms with E-state index in [-0.39, 0.29) is 35.3 Å². The highest BCUT2D eigenvalue weighted by Crippen LogP contribution is 2.16. The molecule has 2 amide bonds. The fourth-order valence-electron chi connectivity index (χ4n) is 2.31. The van der Waals surface area contributed by atoms with Crippen LogP contribution in [0.25, 0.3) is 0 Å². The number of amides is 2. The highest BCUT2D eigenvalue weighted by atomic mass is 35.5. The van der Waals surface area contributed by atoms with Crippen LogP contribution in [0.15, 0.2) is 29.2 Å². The molecule has 0 atom stereocenters. The molecule has 0 aromatic heterocycles. The van der Waals surface area contributed by atoms with Gasteiger partial charge in [0.1, 0.15) is 0 Å². The molecule has 0 unspecified atom stereocenters. The van der Waals surface area contributed by atoms with E-state index in [0.29, 0.717) is 26.2 Å². The third kappa shape index (κ3) is 7.10. The largest absolute Gasteiger partial charge is 0.343 e. The minimum atomic E-state index is -3.64. The topological polar surface area (TPSA) is 98.8 Å². The second kappa shape index (κ2) is 11.9.